The van der Waals surface area contributed by atoms with E-state index in [0.29, 0.717) is 12.8 Å². The fourth-order valence-electron chi connectivity index (χ4n) is 6.76. The quantitative estimate of drug-likeness (QED) is 0.0263. The zero-order chi connectivity index (χ0) is 43.7. The van der Waals surface area contributed by atoms with E-state index < -0.39 is 12.1 Å². The Morgan fingerprint density at radius 2 is 0.733 bits per heavy atom. The molecule has 0 saturated carbocycles. The van der Waals surface area contributed by atoms with E-state index in [2.05, 4.69) is 81.5 Å². The third kappa shape index (κ3) is 45.9. The average molecular weight is 837 g/mol. The number of esters is 3. The summed E-state index contributed by atoms with van der Waals surface area (Å²) in [6, 6.07) is 0. The Balaban J connectivity index is 4.45. The van der Waals surface area contributed by atoms with E-state index in [1.54, 1.807) is 6.08 Å². The van der Waals surface area contributed by atoms with Gasteiger partial charge in [-0.3, -0.25) is 14.4 Å². The van der Waals surface area contributed by atoms with Crippen LogP contribution in [0.4, 0.5) is 0 Å². The number of hydrogen-bond acceptors (Lipinski definition) is 6. The summed E-state index contributed by atoms with van der Waals surface area (Å²) in [7, 11) is 0. The van der Waals surface area contributed by atoms with Gasteiger partial charge in [0.25, 0.3) is 0 Å². The highest BCUT2D eigenvalue weighted by Gasteiger charge is 2.19. The van der Waals surface area contributed by atoms with Gasteiger partial charge in [-0.1, -0.05) is 222 Å². The first kappa shape index (κ1) is 56.9. The number of carbonyl (C=O) groups excluding carboxylic acids is 3. The van der Waals surface area contributed by atoms with Crippen LogP contribution in [-0.2, 0) is 28.6 Å². The van der Waals surface area contributed by atoms with Crippen molar-refractivity contribution in [2.45, 2.75) is 239 Å². The molecular formula is C54H92O6. The molecule has 0 aliphatic carbocycles. The first-order valence-corrected chi connectivity index (χ1v) is 24.9. The molecule has 1 unspecified atom stereocenters. The number of carbonyl (C=O) groups is 3. The zero-order valence-corrected chi connectivity index (χ0v) is 39.2. The van der Waals surface area contributed by atoms with Crippen molar-refractivity contribution in [3.63, 3.8) is 0 Å². The van der Waals surface area contributed by atoms with E-state index in [1.165, 1.54) is 103 Å². The van der Waals surface area contributed by atoms with Crippen LogP contribution in [0, 0.1) is 0 Å². The normalized spacial score (nSPS) is 12.7. The molecule has 344 valence electrons. The summed E-state index contributed by atoms with van der Waals surface area (Å²) >= 11 is 0. The van der Waals surface area contributed by atoms with Crippen LogP contribution in [0.1, 0.15) is 233 Å². The summed E-state index contributed by atoms with van der Waals surface area (Å²) < 4.78 is 16.6. The van der Waals surface area contributed by atoms with Gasteiger partial charge in [0.1, 0.15) is 13.2 Å². The average Bonchev–Trinajstić information content (AvgIpc) is 3.24. The van der Waals surface area contributed by atoms with Gasteiger partial charge in [0.05, 0.1) is 6.42 Å². The molecule has 0 rings (SSSR count). The van der Waals surface area contributed by atoms with E-state index in [9.17, 15) is 14.4 Å². The molecular weight excluding hydrogens is 745 g/mol. The monoisotopic (exact) mass is 837 g/mol. The van der Waals surface area contributed by atoms with Crippen LogP contribution in [0.25, 0.3) is 0 Å². The highest BCUT2D eigenvalue weighted by molar-refractivity contribution is 5.72. The molecule has 0 aromatic carbocycles. The minimum atomic E-state index is -0.829. The summed E-state index contributed by atoms with van der Waals surface area (Å²) in [6.45, 7) is 6.37. The van der Waals surface area contributed by atoms with E-state index in [1.807, 2.05) is 6.08 Å². The summed E-state index contributed by atoms with van der Waals surface area (Å²) in [6.07, 6.45) is 60.6. The lowest BCUT2D eigenvalue weighted by Crippen LogP contribution is -2.30. The minimum absolute atomic E-state index is 0.0968. The molecule has 6 heteroatoms. The Kier molecular flexibility index (Phi) is 46.0. The minimum Gasteiger partial charge on any atom is -0.462 e. The summed E-state index contributed by atoms with van der Waals surface area (Å²) in [4.78, 5) is 37.8. The predicted molar refractivity (Wildman–Crippen MR) is 256 cm³/mol. The van der Waals surface area contributed by atoms with E-state index in [4.69, 9.17) is 14.2 Å². The van der Waals surface area contributed by atoms with E-state index in [-0.39, 0.29) is 31.6 Å². The van der Waals surface area contributed by atoms with Gasteiger partial charge in [-0.05, 0) is 64.2 Å². The summed E-state index contributed by atoms with van der Waals surface area (Å²) in [5.41, 5.74) is 0. The molecule has 0 heterocycles. The fraction of sp³-hybridized carbons (Fsp3) is 0.722. The Labute approximate surface area is 370 Å². The van der Waals surface area contributed by atoms with Gasteiger partial charge < -0.3 is 14.2 Å². The maximum atomic E-state index is 12.7. The van der Waals surface area contributed by atoms with Crippen LogP contribution >= 0.6 is 0 Å². The molecule has 0 aliphatic rings. The van der Waals surface area contributed by atoms with Gasteiger partial charge in [0, 0.05) is 12.8 Å². The number of unbranched alkanes of at least 4 members (excludes halogenated alkanes) is 22. The second kappa shape index (κ2) is 48.5. The molecule has 6 nitrogen and oxygen atoms in total. The molecule has 0 fully saturated rings. The lowest BCUT2D eigenvalue weighted by molar-refractivity contribution is -0.166. The standard InChI is InChI=1S/C54H92O6/c1-4-7-10-13-16-19-22-24-26-27-29-30-32-35-38-41-44-47-53(56)59-50-51(49-58-52(55)46-43-40-37-34-21-18-15-12-9-6-3)60-54(57)48-45-42-39-36-33-31-28-25-23-20-17-14-11-8-5-2/h8,11-12,15,17,20,25,28,33,36,42,45,51H,4-7,9-10,13-14,16,18-19,21-24,26-27,29-32,34-35,37-41,43-44,46-50H2,1-3H3/b11-8-,15-12-,20-17-,28-25-,36-33-,45-42-. The van der Waals surface area contributed by atoms with E-state index in [0.717, 1.165) is 89.9 Å². The molecule has 0 aromatic rings. The maximum Gasteiger partial charge on any atom is 0.310 e. The number of hydrogen-bond donors (Lipinski definition) is 0. The molecule has 0 aliphatic heterocycles. The van der Waals surface area contributed by atoms with Gasteiger partial charge in [-0.2, -0.15) is 0 Å². The van der Waals surface area contributed by atoms with Gasteiger partial charge in [-0.25, -0.2) is 0 Å². The SMILES string of the molecule is CC/C=C\C/C=C\C/C=C\C/C=C\C/C=C\CC(=O)OC(COC(=O)CCCCCCC/C=C\CCC)COC(=O)CCCCCCCCCCCCCCCCCCC. The van der Waals surface area contributed by atoms with Crippen LogP contribution in [0.2, 0.25) is 0 Å². The fourth-order valence-corrected chi connectivity index (χ4v) is 6.76. The van der Waals surface area contributed by atoms with Gasteiger partial charge in [0.15, 0.2) is 6.10 Å². The van der Waals surface area contributed by atoms with Crippen LogP contribution in [0.5, 0.6) is 0 Å². The van der Waals surface area contributed by atoms with E-state index >= 15 is 0 Å². The number of ether oxygens (including phenoxy) is 3. The van der Waals surface area contributed by atoms with Crippen molar-refractivity contribution in [1.82, 2.24) is 0 Å². The van der Waals surface area contributed by atoms with Crippen molar-refractivity contribution in [1.29, 1.82) is 0 Å². The van der Waals surface area contributed by atoms with Crippen molar-refractivity contribution in [3.05, 3.63) is 72.9 Å². The molecule has 0 aromatic heterocycles. The topological polar surface area (TPSA) is 78.9 Å². The third-order valence-corrected chi connectivity index (χ3v) is 10.5. The van der Waals surface area contributed by atoms with Crippen molar-refractivity contribution in [2.75, 3.05) is 13.2 Å². The van der Waals surface area contributed by atoms with Crippen LogP contribution in [0.3, 0.4) is 0 Å². The zero-order valence-electron chi connectivity index (χ0n) is 39.2. The molecule has 0 bridgehead atoms. The summed E-state index contributed by atoms with van der Waals surface area (Å²) in [5, 5.41) is 0. The van der Waals surface area contributed by atoms with Crippen LogP contribution < -0.4 is 0 Å². The predicted octanol–water partition coefficient (Wildman–Crippen LogP) is 16.3. The van der Waals surface area contributed by atoms with Crippen molar-refractivity contribution >= 4 is 17.9 Å². The largest absolute Gasteiger partial charge is 0.462 e. The Morgan fingerprint density at radius 1 is 0.367 bits per heavy atom. The van der Waals surface area contributed by atoms with Crippen molar-refractivity contribution in [3.8, 4) is 0 Å². The molecule has 0 amide bonds. The number of rotatable bonds is 44. The highest BCUT2D eigenvalue weighted by atomic mass is 16.6. The lowest BCUT2D eigenvalue weighted by atomic mass is 10.0. The first-order chi connectivity index (χ1) is 29.5. The van der Waals surface area contributed by atoms with Crippen LogP contribution in [-0.4, -0.2) is 37.2 Å². The Hall–Kier alpha value is -3.15. The maximum absolute atomic E-state index is 12.7. The molecule has 0 radical (unpaired) electrons. The summed E-state index contributed by atoms with van der Waals surface area (Å²) in [5.74, 6) is -1.06. The number of allylic oxidation sites excluding steroid dienone is 11. The molecule has 0 saturated heterocycles. The molecule has 1 atom stereocenters. The second-order valence-corrected chi connectivity index (χ2v) is 16.4. The highest BCUT2D eigenvalue weighted by Crippen LogP contribution is 2.15. The lowest BCUT2D eigenvalue weighted by Gasteiger charge is -2.18. The molecule has 0 spiro atoms. The van der Waals surface area contributed by atoms with Gasteiger partial charge >= 0.3 is 17.9 Å². The van der Waals surface area contributed by atoms with Crippen molar-refractivity contribution in [2.24, 2.45) is 0 Å². The Bertz CT molecular complexity index is 1140. The molecule has 60 heavy (non-hydrogen) atoms. The molecule has 0 N–H and O–H groups in total. The van der Waals surface area contributed by atoms with Crippen molar-refractivity contribution < 1.29 is 28.6 Å². The van der Waals surface area contributed by atoms with Gasteiger partial charge in [-0.15, -0.1) is 0 Å². The smallest absolute Gasteiger partial charge is 0.310 e. The van der Waals surface area contributed by atoms with Gasteiger partial charge in [0.2, 0.25) is 0 Å². The Morgan fingerprint density at radius 3 is 1.15 bits per heavy atom. The first-order valence-electron chi connectivity index (χ1n) is 24.9. The van der Waals surface area contributed by atoms with Crippen LogP contribution in [0.15, 0.2) is 72.9 Å². The second-order valence-electron chi connectivity index (χ2n) is 16.4. The third-order valence-electron chi connectivity index (χ3n) is 10.5.